The van der Waals surface area contributed by atoms with Gasteiger partial charge in [0.05, 0.1) is 0 Å². The van der Waals surface area contributed by atoms with E-state index in [1.165, 1.54) is 23.7 Å². The smallest absolute Gasteiger partial charge is 0.251 e. The fourth-order valence-corrected chi connectivity index (χ4v) is 3.80. The molecule has 2 N–H and O–H groups in total. The zero-order chi connectivity index (χ0) is 19.1. The van der Waals surface area contributed by atoms with Crippen molar-refractivity contribution < 1.29 is 4.79 Å². The zero-order valence-corrected chi connectivity index (χ0v) is 16.4. The molecule has 3 rings (SSSR count). The average Bonchev–Trinajstić information content (AvgIpc) is 3.21. The van der Waals surface area contributed by atoms with E-state index in [0.29, 0.717) is 23.8 Å². The van der Waals surface area contributed by atoms with Gasteiger partial charge in [-0.05, 0) is 23.1 Å². The molecule has 3 aromatic rings. The Bertz CT molecular complexity index is 850. The van der Waals surface area contributed by atoms with E-state index in [1.54, 1.807) is 0 Å². The number of nitrogens with zero attached hydrogens (tertiary/aromatic N) is 2. The first-order chi connectivity index (χ1) is 13.1. The molecular weight excluding hydrogens is 356 g/mol. The summed E-state index contributed by atoms with van der Waals surface area (Å²) in [4.78, 5) is 16.9. The lowest BCUT2D eigenvalue weighted by atomic mass is 9.88. The van der Waals surface area contributed by atoms with Gasteiger partial charge < -0.3 is 5.32 Å². The molecule has 1 heterocycles. The number of rotatable bonds is 8. The third-order valence-electron chi connectivity index (χ3n) is 4.53. The van der Waals surface area contributed by atoms with Gasteiger partial charge in [-0.1, -0.05) is 74.1 Å². The van der Waals surface area contributed by atoms with Gasteiger partial charge in [0, 0.05) is 23.8 Å². The Kier molecular flexibility index (Phi) is 6.65. The summed E-state index contributed by atoms with van der Waals surface area (Å²) in [5, 5.41) is 10.6. The van der Waals surface area contributed by atoms with Crippen LogP contribution in [0.1, 0.15) is 41.3 Å². The largest absolute Gasteiger partial charge is 0.351 e. The maximum atomic E-state index is 12.8. The van der Waals surface area contributed by atoms with Crippen molar-refractivity contribution in [3.63, 3.8) is 0 Å². The molecule has 0 fully saturated rings. The summed E-state index contributed by atoms with van der Waals surface area (Å²) in [6, 6.07) is 18.1. The van der Waals surface area contributed by atoms with Gasteiger partial charge in [0.25, 0.3) is 5.91 Å². The number of carbonyl (C=O) groups excluding carboxylic acids is 1. The van der Waals surface area contributed by atoms with Gasteiger partial charge in [0.1, 0.15) is 6.33 Å². The molecule has 1 amide bonds. The molecule has 0 saturated heterocycles. The van der Waals surface area contributed by atoms with Crippen LogP contribution in [0.5, 0.6) is 0 Å². The van der Waals surface area contributed by atoms with Gasteiger partial charge in [-0.2, -0.15) is 5.10 Å². The van der Waals surface area contributed by atoms with Crippen LogP contribution < -0.4 is 5.32 Å². The van der Waals surface area contributed by atoms with Gasteiger partial charge in [-0.25, -0.2) is 4.98 Å². The number of H-pyrrole nitrogens is 1. The fraction of sp³-hybridized carbons (Fsp3) is 0.286. The molecule has 0 radical (unpaired) electrons. The normalized spacial score (nSPS) is 12.1. The van der Waals surface area contributed by atoms with E-state index in [2.05, 4.69) is 46.5 Å². The van der Waals surface area contributed by atoms with Gasteiger partial charge in [-0.15, -0.1) is 0 Å². The van der Waals surface area contributed by atoms with E-state index in [-0.39, 0.29) is 11.8 Å². The van der Waals surface area contributed by atoms with Crippen LogP contribution in [0, 0.1) is 5.92 Å². The van der Waals surface area contributed by atoms with E-state index >= 15 is 0 Å². The van der Waals surface area contributed by atoms with Crippen LogP contribution >= 0.6 is 11.8 Å². The highest BCUT2D eigenvalue weighted by Crippen LogP contribution is 2.24. The van der Waals surface area contributed by atoms with Crippen molar-refractivity contribution in [1.29, 1.82) is 0 Å². The van der Waals surface area contributed by atoms with E-state index in [0.717, 1.165) is 10.7 Å². The van der Waals surface area contributed by atoms with Crippen molar-refractivity contribution in [2.75, 3.05) is 6.54 Å². The van der Waals surface area contributed by atoms with E-state index in [9.17, 15) is 4.79 Å². The lowest BCUT2D eigenvalue weighted by molar-refractivity contribution is 0.0948. The second-order valence-corrected chi connectivity index (χ2v) is 7.67. The first-order valence-corrected chi connectivity index (χ1v) is 10.0. The highest BCUT2D eigenvalue weighted by atomic mass is 32.2. The molecule has 0 saturated carbocycles. The van der Waals surface area contributed by atoms with Crippen LogP contribution in [0.3, 0.4) is 0 Å². The predicted octanol–water partition coefficient (Wildman–Crippen LogP) is 4.27. The Labute approximate surface area is 164 Å². The number of aromatic amines is 1. The fourth-order valence-electron chi connectivity index (χ4n) is 3.01. The molecule has 0 aliphatic heterocycles. The van der Waals surface area contributed by atoms with E-state index in [1.807, 2.05) is 42.5 Å². The average molecular weight is 381 g/mol. The number of hydrogen-bond donors (Lipinski definition) is 2. The lowest BCUT2D eigenvalue weighted by Gasteiger charge is -2.22. The minimum Gasteiger partial charge on any atom is -0.351 e. The quantitative estimate of drug-likeness (QED) is 0.573. The summed E-state index contributed by atoms with van der Waals surface area (Å²) in [5.74, 6) is 1.34. The molecule has 5 nitrogen and oxygen atoms in total. The van der Waals surface area contributed by atoms with Crippen LogP contribution in [0.15, 0.2) is 66.1 Å². The van der Waals surface area contributed by atoms with Crippen molar-refractivity contribution in [1.82, 2.24) is 20.5 Å². The van der Waals surface area contributed by atoms with Crippen molar-refractivity contribution in [2.24, 2.45) is 5.92 Å². The van der Waals surface area contributed by atoms with Gasteiger partial charge in [0.2, 0.25) is 0 Å². The van der Waals surface area contributed by atoms with Crippen molar-refractivity contribution >= 4 is 17.7 Å². The molecule has 1 atom stereocenters. The first-order valence-electron chi connectivity index (χ1n) is 9.04. The van der Waals surface area contributed by atoms with Crippen LogP contribution in [-0.4, -0.2) is 27.6 Å². The maximum Gasteiger partial charge on any atom is 0.251 e. The van der Waals surface area contributed by atoms with E-state index < -0.39 is 0 Å². The molecule has 0 aliphatic rings. The predicted molar refractivity (Wildman–Crippen MR) is 109 cm³/mol. The van der Waals surface area contributed by atoms with Crippen molar-refractivity contribution in [3.8, 4) is 0 Å². The Hall–Kier alpha value is -2.60. The van der Waals surface area contributed by atoms with Crippen LogP contribution in [0.4, 0.5) is 0 Å². The maximum absolute atomic E-state index is 12.8. The molecule has 6 heteroatoms. The molecule has 0 aliphatic carbocycles. The summed E-state index contributed by atoms with van der Waals surface area (Å²) in [7, 11) is 0. The SMILES string of the molecule is CC(C)C(CNC(=O)c1ccccc1CSc1ncn[nH]1)c1ccccc1. The molecular formula is C21H24N4OS. The molecule has 27 heavy (non-hydrogen) atoms. The summed E-state index contributed by atoms with van der Waals surface area (Å²) < 4.78 is 0. The number of amides is 1. The Morgan fingerprint density at radius 1 is 1.11 bits per heavy atom. The molecule has 0 bridgehead atoms. The number of carbonyl (C=O) groups is 1. The molecule has 0 spiro atoms. The van der Waals surface area contributed by atoms with Gasteiger partial charge in [-0.3, -0.25) is 9.89 Å². The Morgan fingerprint density at radius 2 is 1.85 bits per heavy atom. The van der Waals surface area contributed by atoms with Crippen LogP contribution in [0.2, 0.25) is 0 Å². The van der Waals surface area contributed by atoms with Crippen LogP contribution in [-0.2, 0) is 5.75 Å². The Balaban J connectivity index is 1.67. The number of benzene rings is 2. The van der Waals surface area contributed by atoms with E-state index in [4.69, 9.17) is 0 Å². The molecule has 1 unspecified atom stereocenters. The second kappa shape index (κ2) is 9.37. The number of thioether (sulfide) groups is 1. The second-order valence-electron chi connectivity index (χ2n) is 6.71. The first kappa shape index (κ1) is 19.2. The minimum absolute atomic E-state index is 0.0367. The summed E-state index contributed by atoms with van der Waals surface area (Å²) in [5.41, 5.74) is 2.94. The highest BCUT2D eigenvalue weighted by Gasteiger charge is 2.18. The summed E-state index contributed by atoms with van der Waals surface area (Å²) >= 11 is 1.53. The number of aromatic nitrogens is 3. The van der Waals surface area contributed by atoms with Crippen molar-refractivity contribution in [2.45, 2.75) is 30.7 Å². The highest BCUT2D eigenvalue weighted by molar-refractivity contribution is 7.98. The third-order valence-corrected chi connectivity index (χ3v) is 5.46. The topological polar surface area (TPSA) is 70.7 Å². The minimum atomic E-state index is -0.0367. The number of nitrogens with one attached hydrogen (secondary N) is 2. The van der Waals surface area contributed by atoms with Gasteiger partial charge >= 0.3 is 0 Å². The molecule has 1 aromatic heterocycles. The monoisotopic (exact) mass is 380 g/mol. The number of hydrogen-bond acceptors (Lipinski definition) is 4. The standard InChI is InChI=1S/C21H24N4OS/c1-15(2)19(16-8-4-3-5-9-16)12-22-20(26)18-11-7-6-10-17(18)13-27-21-23-14-24-25-21/h3-11,14-15,19H,12-13H2,1-2H3,(H,22,26)(H,23,24,25). The molecule has 140 valence electrons. The van der Waals surface area contributed by atoms with Gasteiger partial charge in [0.15, 0.2) is 5.16 Å². The lowest BCUT2D eigenvalue weighted by Crippen LogP contribution is -2.31. The Morgan fingerprint density at radius 3 is 2.56 bits per heavy atom. The van der Waals surface area contributed by atoms with Crippen molar-refractivity contribution in [3.05, 3.63) is 77.6 Å². The molecule has 2 aromatic carbocycles. The third kappa shape index (κ3) is 5.20. The zero-order valence-electron chi connectivity index (χ0n) is 15.6. The van der Waals surface area contributed by atoms with Crippen LogP contribution in [0.25, 0.3) is 0 Å². The summed E-state index contributed by atoms with van der Waals surface area (Å²) in [6.07, 6.45) is 1.48. The summed E-state index contributed by atoms with van der Waals surface area (Å²) in [6.45, 7) is 4.99.